The topological polar surface area (TPSA) is 74.3 Å². The highest BCUT2D eigenvalue weighted by Crippen LogP contribution is 2.27. The molecule has 0 radical (unpaired) electrons. The van der Waals surface area contributed by atoms with Gasteiger partial charge in [0, 0.05) is 18.4 Å². The Morgan fingerprint density at radius 2 is 1.71 bits per heavy atom. The number of pyridine rings is 1. The largest absolute Gasteiger partial charge is 0.368 e. The number of anilines is 1. The number of nitrogens with zero attached hydrogens (tertiary/aromatic N) is 2. The Balaban J connectivity index is 1.32. The number of sulfone groups is 1. The highest BCUT2D eigenvalue weighted by Gasteiger charge is 2.18. The molecule has 0 spiro atoms. The van der Waals surface area contributed by atoms with Crippen LogP contribution in [0.15, 0.2) is 84.0 Å². The molecule has 1 aliphatic rings. The Hall–Kier alpha value is -3.16. The molecule has 0 amide bonds. The monoisotopic (exact) mass is 476 g/mol. The lowest BCUT2D eigenvalue weighted by atomic mass is 9.89. The molecular weight excluding hydrogens is 444 g/mol. The first-order valence-corrected chi connectivity index (χ1v) is 13.4. The summed E-state index contributed by atoms with van der Waals surface area (Å²) in [6, 6.07) is 21.3. The number of hydrogen-bond acceptors (Lipinski definition) is 6. The van der Waals surface area contributed by atoms with Gasteiger partial charge in [0.25, 0.3) is 0 Å². The third-order valence-electron chi connectivity index (χ3n) is 6.28. The van der Waals surface area contributed by atoms with Gasteiger partial charge in [-0.2, -0.15) is 0 Å². The van der Waals surface area contributed by atoms with Gasteiger partial charge >= 0.3 is 0 Å². The van der Waals surface area contributed by atoms with E-state index in [1.54, 1.807) is 24.3 Å². The molecule has 34 heavy (non-hydrogen) atoms. The lowest BCUT2D eigenvalue weighted by Crippen LogP contribution is -2.29. The maximum absolute atomic E-state index is 11.7. The van der Waals surface area contributed by atoms with Crippen molar-refractivity contribution in [3.63, 3.8) is 0 Å². The molecule has 1 fully saturated rings. The smallest absolute Gasteiger partial charge is 0.175 e. The molecule has 2 aromatic carbocycles. The summed E-state index contributed by atoms with van der Waals surface area (Å²) in [5, 5.41) is 6.52. The molecule has 7 heteroatoms. The predicted octanol–water partition coefficient (Wildman–Crippen LogP) is 4.63. The van der Waals surface area contributed by atoms with E-state index >= 15 is 0 Å². The van der Waals surface area contributed by atoms with Crippen LogP contribution in [0.3, 0.4) is 0 Å². The molecule has 4 rings (SSSR count). The minimum atomic E-state index is -3.22. The number of aromatic nitrogens is 1. The van der Waals surface area contributed by atoms with Crippen molar-refractivity contribution >= 4 is 15.7 Å². The summed E-state index contributed by atoms with van der Waals surface area (Å²) in [6.45, 7) is 7.08. The fourth-order valence-electron chi connectivity index (χ4n) is 4.20. The first-order valence-electron chi connectivity index (χ1n) is 11.5. The van der Waals surface area contributed by atoms with Gasteiger partial charge in [-0.05, 0) is 74.3 Å². The minimum absolute atomic E-state index is 0.294. The molecule has 6 nitrogen and oxygen atoms in total. The minimum Gasteiger partial charge on any atom is -0.368 e. The van der Waals surface area contributed by atoms with E-state index in [1.165, 1.54) is 43.3 Å². The van der Waals surface area contributed by atoms with Crippen LogP contribution in [0.2, 0.25) is 0 Å². The second-order valence-corrected chi connectivity index (χ2v) is 11.0. The molecule has 0 unspecified atom stereocenters. The summed E-state index contributed by atoms with van der Waals surface area (Å²) < 4.78 is 23.4. The van der Waals surface area contributed by atoms with Gasteiger partial charge in [0.1, 0.15) is 5.82 Å². The van der Waals surface area contributed by atoms with E-state index in [0.717, 1.165) is 11.3 Å². The summed E-state index contributed by atoms with van der Waals surface area (Å²) in [7, 11) is -1.03. The molecule has 1 aliphatic heterocycles. The van der Waals surface area contributed by atoms with Crippen LogP contribution in [0.5, 0.6) is 0 Å². The van der Waals surface area contributed by atoms with Gasteiger partial charge in [-0.25, -0.2) is 13.4 Å². The van der Waals surface area contributed by atoms with E-state index in [9.17, 15) is 8.42 Å². The summed E-state index contributed by atoms with van der Waals surface area (Å²) in [5.41, 5.74) is 4.23. The summed E-state index contributed by atoms with van der Waals surface area (Å²) >= 11 is 0. The van der Waals surface area contributed by atoms with Crippen molar-refractivity contribution in [3.8, 4) is 11.3 Å². The van der Waals surface area contributed by atoms with Gasteiger partial charge in [-0.3, -0.25) is 0 Å². The van der Waals surface area contributed by atoms with E-state index in [4.69, 9.17) is 0 Å². The van der Waals surface area contributed by atoms with Crippen LogP contribution in [0, 0.1) is 0 Å². The number of hydrogen-bond donors (Lipinski definition) is 2. The van der Waals surface area contributed by atoms with Crippen molar-refractivity contribution < 1.29 is 8.42 Å². The second kappa shape index (κ2) is 10.4. The molecule has 1 aromatic heterocycles. The number of piperidine rings is 1. The lowest BCUT2D eigenvalue weighted by molar-refractivity contribution is 0.255. The summed E-state index contributed by atoms with van der Waals surface area (Å²) in [6.07, 6.45) is 3.65. The third kappa shape index (κ3) is 6.24. The number of benzene rings is 2. The van der Waals surface area contributed by atoms with Crippen molar-refractivity contribution in [2.24, 2.45) is 0 Å². The van der Waals surface area contributed by atoms with Gasteiger partial charge in [-0.1, -0.05) is 49.0 Å². The Morgan fingerprint density at radius 1 is 1.03 bits per heavy atom. The summed E-state index contributed by atoms with van der Waals surface area (Å²) in [5.74, 6) is 1.99. The normalized spacial score (nSPS) is 15.1. The van der Waals surface area contributed by atoms with Crippen LogP contribution in [0.4, 0.5) is 5.82 Å². The third-order valence-corrected chi connectivity index (χ3v) is 7.41. The molecule has 2 N–H and O–H groups in total. The SMILES string of the molecule is C=C(NCc1ccc(C2CCN(C)CC2)cc1)Nc1cccc(-c2ccc(S(C)(=O)=O)cc2)n1. The molecular formula is C27H32N4O2S. The van der Waals surface area contributed by atoms with Gasteiger partial charge < -0.3 is 15.5 Å². The first-order chi connectivity index (χ1) is 16.3. The van der Waals surface area contributed by atoms with E-state index < -0.39 is 9.84 Å². The predicted molar refractivity (Wildman–Crippen MR) is 138 cm³/mol. The Bertz CT molecular complexity index is 1230. The standard InChI is InChI=1S/C27H32N4O2S/c1-20(28-19-21-7-9-22(10-8-21)23-15-17-31(2)18-16-23)29-27-6-4-5-26(30-27)24-11-13-25(14-12-24)34(3,32)33/h4-14,23,28H,1,15-19H2,2-3H3,(H,29,30). The lowest BCUT2D eigenvalue weighted by Gasteiger charge is -2.29. The zero-order chi connectivity index (χ0) is 24.1. The molecule has 3 aromatic rings. The maximum atomic E-state index is 11.7. The van der Waals surface area contributed by atoms with Crippen molar-refractivity contribution in [2.75, 3.05) is 31.7 Å². The van der Waals surface area contributed by atoms with Crippen LogP contribution in [-0.2, 0) is 16.4 Å². The highest BCUT2D eigenvalue weighted by atomic mass is 32.2. The van der Waals surface area contributed by atoms with Crippen molar-refractivity contribution in [1.82, 2.24) is 15.2 Å². The molecule has 1 saturated heterocycles. The first kappa shape index (κ1) is 24.0. The Morgan fingerprint density at radius 3 is 2.35 bits per heavy atom. The molecule has 0 aliphatic carbocycles. The van der Waals surface area contributed by atoms with E-state index in [0.29, 0.717) is 29.0 Å². The quantitative estimate of drug-likeness (QED) is 0.494. The Labute approximate surface area is 202 Å². The van der Waals surface area contributed by atoms with Crippen molar-refractivity contribution in [2.45, 2.75) is 30.2 Å². The fourth-order valence-corrected chi connectivity index (χ4v) is 4.83. The van der Waals surface area contributed by atoms with Gasteiger partial charge in [0.05, 0.1) is 16.4 Å². The van der Waals surface area contributed by atoms with Gasteiger partial charge in [0.2, 0.25) is 0 Å². The van der Waals surface area contributed by atoms with Crippen LogP contribution >= 0.6 is 0 Å². The summed E-state index contributed by atoms with van der Waals surface area (Å²) in [4.78, 5) is 7.32. The second-order valence-electron chi connectivity index (χ2n) is 8.98. The number of likely N-dealkylation sites (tertiary alicyclic amines) is 1. The van der Waals surface area contributed by atoms with E-state index in [-0.39, 0.29) is 0 Å². The van der Waals surface area contributed by atoms with Crippen molar-refractivity contribution in [3.05, 3.63) is 90.3 Å². The van der Waals surface area contributed by atoms with Crippen LogP contribution in [0.25, 0.3) is 11.3 Å². The molecule has 0 saturated carbocycles. The number of nitrogens with one attached hydrogen (secondary N) is 2. The highest BCUT2D eigenvalue weighted by molar-refractivity contribution is 7.90. The van der Waals surface area contributed by atoms with E-state index in [1.807, 2.05) is 18.2 Å². The zero-order valence-corrected chi connectivity index (χ0v) is 20.6. The van der Waals surface area contributed by atoms with E-state index in [2.05, 4.69) is 58.4 Å². The average Bonchev–Trinajstić information content (AvgIpc) is 2.83. The molecule has 0 atom stereocenters. The van der Waals surface area contributed by atoms with Crippen LogP contribution in [-0.4, -0.2) is 44.7 Å². The van der Waals surface area contributed by atoms with Gasteiger partial charge in [0.15, 0.2) is 9.84 Å². The molecule has 178 valence electrons. The fraction of sp³-hybridized carbons (Fsp3) is 0.296. The maximum Gasteiger partial charge on any atom is 0.175 e. The zero-order valence-electron chi connectivity index (χ0n) is 19.8. The van der Waals surface area contributed by atoms with Gasteiger partial charge in [-0.15, -0.1) is 0 Å². The molecule has 2 heterocycles. The average molecular weight is 477 g/mol. The number of rotatable bonds is 8. The van der Waals surface area contributed by atoms with Crippen LogP contribution in [0.1, 0.15) is 29.9 Å². The Kier molecular flexibility index (Phi) is 7.34. The van der Waals surface area contributed by atoms with Crippen molar-refractivity contribution in [1.29, 1.82) is 0 Å². The molecule has 0 bridgehead atoms. The van der Waals surface area contributed by atoms with Crippen LogP contribution < -0.4 is 10.6 Å².